The summed E-state index contributed by atoms with van der Waals surface area (Å²) in [6, 6.07) is 6.92. The van der Waals surface area contributed by atoms with Gasteiger partial charge in [-0.05, 0) is 38.6 Å². The number of piperazine rings is 1. The van der Waals surface area contributed by atoms with Gasteiger partial charge in [-0.15, -0.1) is 0 Å². The molecule has 0 unspecified atom stereocenters. The molecule has 24 heavy (non-hydrogen) atoms. The van der Waals surface area contributed by atoms with Gasteiger partial charge in [0.15, 0.2) is 0 Å². The molecule has 0 atom stereocenters. The minimum Gasteiger partial charge on any atom is -0.339 e. The summed E-state index contributed by atoms with van der Waals surface area (Å²) in [7, 11) is -1.31. The van der Waals surface area contributed by atoms with Gasteiger partial charge < -0.3 is 9.80 Å². The Labute approximate surface area is 145 Å². The number of amides is 1. The zero-order chi connectivity index (χ0) is 17.7. The predicted molar refractivity (Wildman–Crippen MR) is 95.4 cm³/mol. The molecule has 0 spiro atoms. The van der Waals surface area contributed by atoms with Crippen molar-refractivity contribution in [2.45, 2.75) is 19.6 Å². The quantitative estimate of drug-likeness (QED) is 0.772. The first-order chi connectivity index (χ1) is 11.4. The first kappa shape index (κ1) is 18.9. The number of hydrogen-bond acceptors (Lipinski definition) is 4. The van der Waals surface area contributed by atoms with Gasteiger partial charge in [0.25, 0.3) is 5.91 Å². The van der Waals surface area contributed by atoms with Crippen LogP contribution in [-0.4, -0.2) is 74.7 Å². The maximum atomic E-state index is 12.5. The van der Waals surface area contributed by atoms with E-state index in [0.29, 0.717) is 37.3 Å². The summed E-state index contributed by atoms with van der Waals surface area (Å²) in [5.74, 6) is -0.0373. The van der Waals surface area contributed by atoms with Crippen molar-refractivity contribution in [1.29, 1.82) is 0 Å². The topological polar surface area (TPSA) is 60.9 Å². The number of benzene rings is 1. The standard InChI is InChI=1S/C17H27N3O3S/c1-4-19(5-2)17(21)16-8-6-15(7-9-16)14-24(22,23)20-12-10-18(3)11-13-20/h6-9H,4-5,10-14H2,1-3H3. The highest BCUT2D eigenvalue weighted by Gasteiger charge is 2.25. The molecular formula is C17H27N3O3S. The van der Waals surface area contributed by atoms with Crippen LogP contribution >= 0.6 is 0 Å². The van der Waals surface area contributed by atoms with Gasteiger partial charge in [0, 0.05) is 44.8 Å². The van der Waals surface area contributed by atoms with Crippen LogP contribution in [0.1, 0.15) is 29.8 Å². The highest BCUT2D eigenvalue weighted by atomic mass is 32.2. The second kappa shape index (κ2) is 8.09. The summed E-state index contributed by atoms with van der Waals surface area (Å²) in [6.45, 7) is 7.81. The molecule has 1 saturated heterocycles. The SMILES string of the molecule is CCN(CC)C(=O)c1ccc(CS(=O)(=O)N2CCN(C)CC2)cc1. The third-order valence-electron chi connectivity index (χ3n) is 4.46. The minimum atomic E-state index is -3.31. The molecule has 0 bridgehead atoms. The lowest BCUT2D eigenvalue weighted by Crippen LogP contribution is -2.47. The van der Waals surface area contributed by atoms with Crippen molar-refractivity contribution in [1.82, 2.24) is 14.1 Å². The molecule has 1 aromatic carbocycles. The number of carbonyl (C=O) groups is 1. The third kappa shape index (κ3) is 4.55. The van der Waals surface area contributed by atoms with Crippen LogP contribution in [0.3, 0.4) is 0 Å². The number of carbonyl (C=O) groups excluding carboxylic acids is 1. The second-order valence-electron chi connectivity index (χ2n) is 6.13. The second-order valence-corrected chi connectivity index (χ2v) is 8.10. The molecule has 1 aliphatic rings. The van der Waals surface area contributed by atoms with E-state index in [-0.39, 0.29) is 11.7 Å². The van der Waals surface area contributed by atoms with Crippen molar-refractivity contribution in [2.75, 3.05) is 46.3 Å². The third-order valence-corrected chi connectivity index (χ3v) is 6.31. The zero-order valence-corrected chi connectivity index (χ0v) is 15.6. The van der Waals surface area contributed by atoms with Crippen molar-refractivity contribution in [2.24, 2.45) is 0 Å². The van der Waals surface area contributed by atoms with Gasteiger partial charge >= 0.3 is 0 Å². The predicted octanol–water partition coefficient (Wildman–Crippen LogP) is 1.25. The van der Waals surface area contributed by atoms with Crippen LogP contribution in [-0.2, 0) is 15.8 Å². The molecule has 0 N–H and O–H groups in total. The molecule has 1 aromatic rings. The number of sulfonamides is 1. The average Bonchev–Trinajstić information content (AvgIpc) is 2.56. The normalized spacial score (nSPS) is 17.0. The lowest BCUT2D eigenvalue weighted by Gasteiger charge is -2.31. The molecule has 1 aliphatic heterocycles. The Kier molecular flexibility index (Phi) is 6.37. The van der Waals surface area contributed by atoms with E-state index in [0.717, 1.165) is 13.1 Å². The average molecular weight is 353 g/mol. The minimum absolute atomic E-state index is 0.0174. The smallest absolute Gasteiger partial charge is 0.253 e. The zero-order valence-electron chi connectivity index (χ0n) is 14.7. The Morgan fingerprint density at radius 3 is 2.08 bits per heavy atom. The van der Waals surface area contributed by atoms with E-state index in [1.165, 1.54) is 0 Å². The number of likely N-dealkylation sites (N-methyl/N-ethyl adjacent to an activating group) is 1. The van der Waals surface area contributed by atoms with Crippen molar-refractivity contribution < 1.29 is 13.2 Å². The highest BCUT2D eigenvalue weighted by molar-refractivity contribution is 7.88. The fraction of sp³-hybridized carbons (Fsp3) is 0.588. The summed E-state index contributed by atoms with van der Waals surface area (Å²) in [6.07, 6.45) is 0. The van der Waals surface area contributed by atoms with Crippen LogP contribution in [0.5, 0.6) is 0 Å². The Hall–Kier alpha value is -1.44. The molecule has 0 saturated carbocycles. The monoisotopic (exact) mass is 353 g/mol. The Morgan fingerprint density at radius 2 is 1.58 bits per heavy atom. The molecule has 2 rings (SSSR count). The van der Waals surface area contributed by atoms with Crippen LogP contribution in [0, 0.1) is 0 Å². The summed E-state index contributed by atoms with van der Waals surface area (Å²) < 4.78 is 26.6. The molecule has 0 aromatic heterocycles. The van der Waals surface area contributed by atoms with E-state index < -0.39 is 10.0 Å². The van der Waals surface area contributed by atoms with E-state index >= 15 is 0 Å². The summed E-state index contributed by atoms with van der Waals surface area (Å²) >= 11 is 0. The fourth-order valence-corrected chi connectivity index (χ4v) is 4.32. The van der Waals surface area contributed by atoms with Crippen molar-refractivity contribution in [3.05, 3.63) is 35.4 Å². The first-order valence-corrected chi connectivity index (χ1v) is 10.0. The highest BCUT2D eigenvalue weighted by Crippen LogP contribution is 2.15. The number of nitrogens with zero attached hydrogens (tertiary/aromatic N) is 3. The van der Waals surface area contributed by atoms with Gasteiger partial charge in [-0.2, -0.15) is 4.31 Å². The molecule has 1 fully saturated rings. The molecule has 134 valence electrons. The van der Waals surface area contributed by atoms with Crippen LogP contribution in [0.2, 0.25) is 0 Å². The molecule has 1 amide bonds. The van der Waals surface area contributed by atoms with Gasteiger partial charge in [0.05, 0.1) is 5.75 Å². The Morgan fingerprint density at radius 1 is 1.04 bits per heavy atom. The van der Waals surface area contributed by atoms with Gasteiger partial charge in [-0.25, -0.2) is 8.42 Å². The van der Waals surface area contributed by atoms with Crippen LogP contribution in [0.25, 0.3) is 0 Å². The van der Waals surface area contributed by atoms with Gasteiger partial charge in [0.2, 0.25) is 10.0 Å². The van der Waals surface area contributed by atoms with E-state index in [9.17, 15) is 13.2 Å². The van der Waals surface area contributed by atoms with E-state index in [1.807, 2.05) is 20.9 Å². The maximum Gasteiger partial charge on any atom is 0.253 e. The fourth-order valence-electron chi connectivity index (χ4n) is 2.81. The number of hydrogen-bond donors (Lipinski definition) is 0. The Bertz CT molecular complexity index is 646. The summed E-state index contributed by atoms with van der Waals surface area (Å²) in [4.78, 5) is 16.1. The molecule has 0 radical (unpaired) electrons. The van der Waals surface area contributed by atoms with Crippen molar-refractivity contribution >= 4 is 15.9 Å². The van der Waals surface area contributed by atoms with Gasteiger partial charge in [-0.3, -0.25) is 4.79 Å². The summed E-state index contributed by atoms with van der Waals surface area (Å²) in [5, 5.41) is 0. The van der Waals surface area contributed by atoms with Gasteiger partial charge in [-0.1, -0.05) is 12.1 Å². The van der Waals surface area contributed by atoms with Crippen LogP contribution < -0.4 is 0 Å². The van der Waals surface area contributed by atoms with E-state index in [4.69, 9.17) is 0 Å². The molecular weight excluding hydrogens is 326 g/mol. The first-order valence-electron chi connectivity index (χ1n) is 8.42. The van der Waals surface area contributed by atoms with Crippen LogP contribution in [0.4, 0.5) is 0 Å². The molecule has 0 aliphatic carbocycles. The van der Waals surface area contributed by atoms with E-state index in [1.54, 1.807) is 33.5 Å². The van der Waals surface area contributed by atoms with Crippen LogP contribution in [0.15, 0.2) is 24.3 Å². The molecule has 1 heterocycles. The molecule has 7 heteroatoms. The maximum absolute atomic E-state index is 12.5. The Balaban J connectivity index is 2.04. The van der Waals surface area contributed by atoms with E-state index in [2.05, 4.69) is 4.90 Å². The largest absolute Gasteiger partial charge is 0.339 e. The summed E-state index contributed by atoms with van der Waals surface area (Å²) in [5.41, 5.74) is 1.31. The van der Waals surface area contributed by atoms with Gasteiger partial charge in [0.1, 0.15) is 0 Å². The lowest BCUT2D eigenvalue weighted by molar-refractivity contribution is 0.0773. The number of rotatable bonds is 6. The lowest BCUT2D eigenvalue weighted by atomic mass is 10.1. The van der Waals surface area contributed by atoms with Crippen molar-refractivity contribution in [3.8, 4) is 0 Å². The van der Waals surface area contributed by atoms with Crippen molar-refractivity contribution in [3.63, 3.8) is 0 Å². The molecule has 6 nitrogen and oxygen atoms in total.